The zero-order chi connectivity index (χ0) is 22.6. The van der Waals surface area contributed by atoms with Gasteiger partial charge in [-0.15, -0.1) is 11.3 Å². The maximum atomic E-state index is 12.4. The molecule has 0 saturated carbocycles. The number of carboxylic acids is 1. The fraction of sp³-hybridized carbons (Fsp3) is 0.520. The molecule has 31 heavy (non-hydrogen) atoms. The predicted molar refractivity (Wildman–Crippen MR) is 128 cm³/mol. The van der Waals surface area contributed by atoms with Gasteiger partial charge >= 0.3 is 5.97 Å². The number of unbranched alkanes of at least 4 members (excludes halogenated alkanes) is 4. The van der Waals surface area contributed by atoms with Crippen molar-refractivity contribution >= 4 is 23.2 Å². The van der Waals surface area contributed by atoms with Gasteiger partial charge in [-0.25, -0.2) is 0 Å². The average molecular weight is 445 g/mol. The van der Waals surface area contributed by atoms with Gasteiger partial charge in [0.15, 0.2) is 0 Å². The fourth-order valence-electron chi connectivity index (χ4n) is 3.57. The van der Waals surface area contributed by atoms with Crippen LogP contribution >= 0.6 is 11.3 Å². The number of nitrogens with one attached hydrogen (secondary N) is 1. The van der Waals surface area contributed by atoms with Gasteiger partial charge in [-0.3, -0.25) is 9.59 Å². The third-order valence-electron chi connectivity index (χ3n) is 5.44. The number of carboxylic acid groups (broad SMARTS) is 1. The number of nitrogens with zero attached hydrogens (tertiary/aromatic N) is 1. The minimum absolute atomic E-state index is 0.212. The van der Waals surface area contributed by atoms with Crippen LogP contribution in [0.15, 0.2) is 35.7 Å². The normalized spacial score (nSPS) is 12.0. The minimum Gasteiger partial charge on any atom is -0.480 e. The quantitative estimate of drug-likeness (QED) is 0.386. The molecule has 0 bridgehead atoms. The first kappa shape index (κ1) is 25.1. The summed E-state index contributed by atoms with van der Waals surface area (Å²) in [5, 5.41) is 14.4. The Labute approximate surface area is 190 Å². The van der Waals surface area contributed by atoms with Gasteiger partial charge in [0.2, 0.25) is 5.91 Å². The number of rotatable bonds is 14. The van der Waals surface area contributed by atoms with E-state index in [0.29, 0.717) is 25.9 Å². The molecule has 0 spiro atoms. The Hall–Kier alpha value is -2.18. The van der Waals surface area contributed by atoms with Gasteiger partial charge in [0, 0.05) is 18.3 Å². The highest BCUT2D eigenvalue weighted by molar-refractivity contribution is 7.10. The topological polar surface area (TPSA) is 69.6 Å². The van der Waals surface area contributed by atoms with Crippen molar-refractivity contribution in [1.82, 2.24) is 10.2 Å². The molecule has 5 nitrogen and oxygen atoms in total. The highest BCUT2D eigenvalue weighted by Crippen LogP contribution is 2.27. The van der Waals surface area contributed by atoms with Crippen LogP contribution in [0.2, 0.25) is 0 Å². The average Bonchev–Trinajstić information content (AvgIpc) is 3.22. The second-order valence-electron chi connectivity index (χ2n) is 8.07. The second kappa shape index (κ2) is 13.3. The lowest BCUT2D eigenvalue weighted by atomic mass is 10.0. The summed E-state index contributed by atoms with van der Waals surface area (Å²) in [6.45, 7) is 5.37. The number of aliphatic carboxylic acids is 1. The molecule has 0 aliphatic rings. The van der Waals surface area contributed by atoms with Crippen molar-refractivity contribution in [3.8, 4) is 11.1 Å². The zero-order valence-corrected chi connectivity index (χ0v) is 19.8. The molecule has 2 rings (SSSR count). The molecular weight excluding hydrogens is 408 g/mol. The Bertz CT molecular complexity index is 816. The molecule has 170 valence electrons. The van der Waals surface area contributed by atoms with Crippen molar-refractivity contribution in [1.29, 1.82) is 0 Å². The first-order valence-electron chi connectivity index (χ1n) is 11.3. The Morgan fingerprint density at radius 2 is 1.77 bits per heavy atom. The standard InChI is InChI=1S/C25H36N2O3S/c1-4-6-7-8-9-10-24(28)27(3)17-22-16-21(18-31-22)20-13-11-19(12-14-20)15-23(25(29)30)26-5-2/h11-14,16,18,23,26H,4-10,15,17H2,1-3H3,(H,29,30)/t23-/m0/s1. The highest BCUT2D eigenvalue weighted by Gasteiger charge is 2.16. The summed E-state index contributed by atoms with van der Waals surface area (Å²) in [5.74, 6) is -0.613. The summed E-state index contributed by atoms with van der Waals surface area (Å²) in [4.78, 5) is 26.7. The number of benzene rings is 1. The van der Waals surface area contributed by atoms with E-state index in [2.05, 4.69) is 23.7 Å². The van der Waals surface area contributed by atoms with Crippen LogP contribution in [-0.4, -0.2) is 41.5 Å². The van der Waals surface area contributed by atoms with Gasteiger partial charge < -0.3 is 15.3 Å². The van der Waals surface area contributed by atoms with Crippen molar-refractivity contribution in [2.75, 3.05) is 13.6 Å². The van der Waals surface area contributed by atoms with E-state index in [9.17, 15) is 14.7 Å². The van der Waals surface area contributed by atoms with Crippen molar-refractivity contribution in [2.45, 2.75) is 71.4 Å². The van der Waals surface area contributed by atoms with Crippen molar-refractivity contribution in [2.24, 2.45) is 0 Å². The Balaban J connectivity index is 1.88. The molecule has 0 unspecified atom stereocenters. The smallest absolute Gasteiger partial charge is 0.321 e. The fourth-order valence-corrected chi connectivity index (χ4v) is 4.52. The van der Waals surface area contributed by atoms with E-state index in [1.165, 1.54) is 24.1 Å². The lowest BCUT2D eigenvalue weighted by Crippen LogP contribution is -2.38. The number of carbonyl (C=O) groups is 2. The molecule has 1 heterocycles. The number of hydrogen-bond acceptors (Lipinski definition) is 4. The first-order chi connectivity index (χ1) is 14.9. The molecule has 2 aromatic rings. The SMILES string of the molecule is CCCCCCCC(=O)N(C)Cc1cc(-c2ccc(C[C@H](NCC)C(=O)O)cc2)cs1. The summed E-state index contributed by atoms with van der Waals surface area (Å²) in [6, 6.07) is 9.64. The van der Waals surface area contributed by atoms with Crippen LogP contribution in [0.25, 0.3) is 11.1 Å². The van der Waals surface area contributed by atoms with E-state index in [0.717, 1.165) is 29.5 Å². The largest absolute Gasteiger partial charge is 0.480 e. The van der Waals surface area contributed by atoms with Crippen LogP contribution in [-0.2, 0) is 22.6 Å². The van der Waals surface area contributed by atoms with Crippen molar-refractivity contribution < 1.29 is 14.7 Å². The molecule has 1 atom stereocenters. The minimum atomic E-state index is -0.826. The lowest BCUT2D eigenvalue weighted by Gasteiger charge is -2.16. The summed E-state index contributed by atoms with van der Waals surface area (Å²) >= 11 is 1.67. The third kappa shape index (κ3) is 8.46. The van der Waals surface area contributed by atoms with E-state index >= 15 is 0 Å². The molecule has 0 aliphatic heterocycles. The summed E-state index contributed by atoms with van der Waals surface area (Å²) in [5.41, 5.74) is 3.23. The molecule has 2 N–H and O–H groups in total. The molecule has 1 aromatic heterocycles. The van der Waals surface area contributed by atoms with E-state index in [1.54, 1.807) is 11.3 Å². The molecule has 1 aromatic carbocycles. The van der Waals surface area contributed by atoms with Crippen LogP contribution in [0.1, 0.15) is 62.8 Å². The predicted octanol–water partition coefficient (Wildman–Crippen LogP) is 5.34. The first-order valence-corrected chi connectivity index (χ1v) is 12.2. The summed E-state index contributed by atoms with van der Waals surface area (Å²) in [7, 11) is 1.88. The van der Waals surface area contributed by atoms with E-state index in [4.69, 9.17) is 0 Å². The number of amides is 1. The Morgan fingerprint density at radius 3 is 2.42 bits per heavy atom. The van der Waals surface area contributed by atoms with E-state index in [1.807, 2.05) is 43.1 Å². The summed E-state index contributed by atoms with van der Waals surface area (Å²) in [6.07, 6.45) is 6.88. The monoisotopic (exact) mass is 444 g/mol. The maximum Gasteiger partial charge on any atom is 0.321 e. The Morgan fingerprint density at radius 1 is 1.06 bits per heavy atom. The van der Waals surface area contributed by atoms with Gasteiger partial charge in [0.25, 0.3) is 0 Å². The molecular formula is C25H36N2O3S. The van der Waals surface area contributed by atoms with Crippen LogP contribution < -0.4 is 5.32 Å². The molecule has 0 fully saturated rings. The van der Waals surface area contributed by atoms with Crippen molar-refractivity contribution in [3.05, 3.63) is 46.2 Å². The van der Waals surface area contributed by atoms with E-state index < -0.39 is 12.0 Å². The molecule has 6 heteroatoms. The number of hydrogen-bond donors (Lipinski definition) is 2. The van der Waals surface area contributed by atoms with Gasteiger partial charge in [0.1, 0.15) is 6.04 Å². The zero-order valence-electron chi connectivity index (χ0n) is 19.0. The third-order valence-corrected chi connectivity index (χ3v) is 6.36. The molecule has 0 aliphatic carbocycles. The van der Waals surface area contributed by atoms with Gasteiger partial charge in [-0.05, 0) is 47.5 Å². The van der Waals surface area contributed by atoms with E-state index in [-0.39, 0.29) is 5.91 Å². The number of thiophene rings is 1. The second-order valence-corrected chi connectivity index (χ2v) is 9.06. The van der Waals surface area contributed by atoms with Crippen LogP contribution in [0, 0.1) is 0 Å². The van der Waals surface area contributed by atoms with Crippen LogP contribution in [0.5, 0.6) is 0 Å². The number of likely N-dealkylation sites (N-methyl/N-ethyl adjacent to an activating group) is 1. The van der Waals surface area contributed by atoms with Gasteiger partial charge in [-0.1, -0.05) is 63.8 Å². The molecule has 0 radical (unpaired) electrons. The Kier molecular flexibility index (Phi) is 10.7. The van der Waals surface area contributed by atoms with Crippen LogP contribution in [0.4, 0.5) is 0 Å². The summed E-state index contributed by atoms with van der Waals surface area (Å²) < 4.78 is 0. The van der Waals surface area contributed by atoms with Gasteiger partial charge in [-0.2, -0.15) is 0 Å². The maximum absolute atomic E-state index is 12.4. The molecule has 0 saturated heterocycles. The molecule has 1 amide bonds. The highest BCUT2D eigenvalue weighted by atomic mass is 32.1. The van der Waals surface area contributed by atoms with Crippen molar-refractivity contribution in [3.63, 3.8) is 0 Å². The van der Waals surface area contributed by atoms with Gasteiger partial charge in [0.05, 0.1) is 6.54 Å². The lowest BCUT2D eigenvalue weighted by molar-refractivity contribution is -0.139. The number of carbonyl (C=O) groups excluding carboxylic acids is 1. The van der Waals surface area contributed by atoms with Crippen LogP contribution in [0.3, 0.4) is 0 Å².